The van der Waals surface area contributed by atoms with Crippen LogP contribution in [-0.2, 0) is 9.53 Å². The SMILES string of the molecule is C[C@H]1CCO[C@@H]1C(=O)Nc1c(C(=O)c2ccco2)oc2ccccc12. The van der Waals surface area contributed by atoms with Gasteiger partial charge in [-0.05, 0) is 36.6 Å². The molecule has 1 aromatic carbocycles. The van der Waals surface area contributed by atoms with Crippen molar-refractivity contribution < 1.29 is 23.2 Å². The molecule has 1 fully saturated rings. The van der Waals surface area contributed by atoms with Crippen molar-refractivity contribution in [3.05, 3.63) is 54.2 Å². The summed E-state index contributed by atoms with van der Waals surface area (Å²) < 4.78 is 16.4. The van der Waals surface area contributed by atoms with E-state index in [1.807, 2.05) is 13.0 Å². The van der Waals surface area contributed by atoms with E-state index >= 15 is 0 Å². The number of carbonyl (C=O) groups excluding carboxylic acids is 2. The van der Waals surface area contributed by atoms with Crippen molar-refractivity contribution in [2.45, 2.75) is 19.4 Å². The van der Waals surface area contributed by atoms with Gasteiger partial charge in [0.25, 0.3) is 11.7 Å². The normalized spacial score (nSPS) is 20.0. The Bertz CT molecular complexity index is 925. The molecular formula is C19H17NO5. The molecule has 0 bridgehead atoms. The number of nitrogens with one attached hydrogen (secondary N) is 1. The van der Waals surface area contributed by atoms with E-state index in [0.717, 1.165) is 6.42 Å². The average molecular weight is 339 g/mol. The lowest BCUT2D eigenvalue weighted by atomic mass is 10.0. The first-order chi connectivity index (χ1) is 12.1. The molecule has 1 aliphatic rings. The molecule has 1 amide bonds. The van der Waals surface area contributed by atoms with Crippen LogP contribution in [-0.4, -0.2) is 24.4 Å². The van der Waals surface area contributed by atoms with Gasteiger partial charge < -0.3 is 18.9 Å². The molecule has 0 aliphatic carbocycles. The van der Waals surface area contributed by atoms with Crippen LogP contribution < -0.4 is 5.32 Å². The quantitative estimate of drug-likeness (QED) is 0.734. The lowest BCUT2D eigenvalue weighted by Crippen LogP contribution is -2.31. The van der Waals surface area contributed by atoms with Crippen molar-refractivity contribution in [3.63, 3.8) is 0 Å². The predicted octanol–water partition coefficient (Wildman–Crippen LogP) is 3.62. The van der Waals surface area contributed by atoms with Crippen LogP contribution in [0.25, 0.3) is 11.0 Å². The van der Waals surface area contributed by atoms with E-state index in [4.69, 9.17) is 13.6 Å². The smallest absolute Gasteiger partial charge is 0.265 e. The number of amides is 1. The summed E-state index contributed by atoms with van der Waals surface area (Å²) in [5, 5.41) is 3.49. The van der Waals surface area contributed by atoms with Crippen LogP contribution in [0.1, 0.15) is 29.7 Å². The summed E-state index contributed by atoms with van der Waals surface area (Å²) in [7, 11) is 0. The first-order valence-corrected chi connectivity index (χ1v) is 8.17. The van der Waals surface area contributed by atoms with Crippen LogP contribution in [0.15, 0.2) is 51.5 Å². The number of fused-ring (bicyclic) bond motifs is 1. The molecule has 0 saturated carbocycles. The number of carbonyl (C=O) groups is 2. The van der Waals surface area contributed by atoms with E-state index < -0.39 is 11.9 Å². The van der Waals surface area contributed by atoms with E-state index in [1.54, 1.807) is 30.3 Å². The number of para-hydroxylation sites is 1. The number of hydrogen-bond acceptors (Lipinski definition) is 5. The fourth-order valence-electron chi connectivity index (χ4n) is 3.07. The minimum atomic E-state index is -0.528. The molecule has 0 radical (unpaired) electrons. The number of hydrogen-bond donors (Lipinski definition) is 1. The van der Waals surface area contributed by atoms with Crippen LogP contribution in [0.3, 0.4) is 0 Å². The maximum absolute atomic E-state index is 12.7. The molecule has 1 saturated heterocycles. The average Bonchev–Trinajstić information content (AvgIpc) is 3.34. The molecule has 3 heterocycles. The summed E-state index contributed by atoms with van der Waals surface area (Å²) in [4.78, 5) is 25.3. The third-order valence-electron chi connectivity index (χ3n) is 4.44. The van der Waals surface area contributed by atoms with Crippen molar-refractivity contribution in [1.29, 1.82) is 0 Å². The highest BCUT2D eigenvalue weighted by molar-refractivity contribution is 6.16. The number of rotatable bonds is 4. The number of anilines is 1. The molecule has 0 spiro atoms. The second kappa shape index (κ2) is 6.22. The predicted molar refractivity (Wildman–Crippen MR) is 90.5 cm³/mol. The first kappa shape index (κ1) is 15.7. The standard InChI is InChI=1S/C19H17NO5/c1-11-8-10-24-17(11)19(22)20-15-12-5-2-3-6-13(12)25-18(15)16(21)14-7-4-9-23-14/h2-7,9,11,17H,8,10H2,1H3,(H,20,22)/t11-,17-/m0/s1. The summed E-state index contributed by atoms with van der Waals surface area (Å²) in [6.07, 6.45) is 1.73. The van der Waals surface area contributed by atoms with Crippen LogP contribution >= 0.6 is 0 Å². The van der Waals surface area contributed by atoms with Gasteiger partial charge in [-0.3, -0.25) is 9.59 Å². The Hall–Kier alpha value is -2.86. The Morgan fingerprint density at radius 1 is 1.16 bits per heavy atom. The minimum absolute atomic E-state index is 0.0511. The summed E-state index contributed by atoms with van der Waals surface area (Å²) in [5.74, 6) is -0.362. The van der Waals surface area contributed by atoms with Crippen molar-refractivity contribution in [2.75, 3.05) is 11.9 Å². The second-order valence-corrected chi connectivity index (χ2v) is 6.16. The van der Waals surface area contributed by atoms with Crippen LogP contribution in [0.2, 0.25) is 0 Å². The Morgan fingerprint density at radius 3 is 2.72 bits per heavy atom. The summed E-state index contributed by atoms with van der Waals surface area (Å²) >= 11 is 0. The Labute approximate surface area is 143 Å². The maximum atomic E-state index is 12.7. The molecule has 0 unspecified atom stereocenters. The van der Waals surface area contributed by atoms with Gasteiger partial charge in [-0.25, -0.2) is 0 Å². The van der Waals surface area contributed by atoms with E-state index in [-0.39, 0.29) is 23.3 Å². The summed E-state index contributed by atoms with van der Waals surface area (Å²) in [6.45, 7) is 2.53. The molecule has 25 heavy (non-hydrogen) atoms. The number of benzene rings is 1. The van der Waals surface area contributed by atoms with E-state index in [1.165, 1.54) is 6.26 Å². The maximum Gasteiger partial charge on any atom is 0.265 e. The van der Waals surface area contributed by atoms with Crippen molar-refractivity contribution in [1.82, 2.24) is 0 Å². The lowest BCUT2D eigenvalue weighted by Gasteiger charge is -2.14. The Balaban J connectivity index is 1.74. The number of ketones is 1. The van der Waals surface area contributed by atoms with Gasteiger partial charge in [-0.15, -0.1) is 0 Å². The molecule has 2 atom stereocenters. The van der Waals surface area contributed by atoms with Crippen molar-refractivity contribution in [2.24, 2.45) is 5.92 Å². The Morgan fingerprint density at radius 2 is 2.00 bits per heavy atom. The van der Waals surface area contributed by atoms with Gasteiger partial charge in [0.1, 0.15) is 11.7 Å². The zero-order valence-corrected chi connectivity index (χ0v) is 13.7. The molecular weight excluding hydrogens is 322 g/mol. The zero-order valence-electron chi connectivity index (χ0n) is 13.7. The largest absolute Gasteiger partial charge is 0.461 e. The summed E-state index contributed by atoms with van der Waals surface area (Å²) in [6, 6.07) is 10.4. The minimum Gasteiger partial charge on any atom is -0.461 e. The zero-order chi connectivity index (χ0) is 17.4. The van der Waals surface area contributed by atoms with E-state index in [9.17, 15) is 9.59 Å². The van der Waals surface area contributed by atoms with Gasteiger partial charge in [0, 0.05) is 12.0 Å². The molecule has 3 aromatic rings. The highest BCUT2D eigenvalue weighted by Gasteiger charge is 2.33. The van der Waals surface area contributed by atoms with Gasteiger partial charge >= 0.3 is 0 Å². The number of furan rings is 2. The van der Waals surface area contributed by atoms with Gasteiger partial charge in [0.2, 0.25) is 5.76 Å². The number of ether oxygens (including phenoxy) is 1. The highest BCUT2D eigenvalue weighted by Crippen LogP contribution is 2.33. The molecule has 1 N–H and O–H groups in total. The molecule has 1 aliphatic heterocycles. The van der Waals surface area contributed by atoms with Gasteiger partial charge in [0.05, 0.1) is 12.0 Å². The summed E-state index contributed by atoms with van der Waals surface area (Å²) in [5.41, 5.74) is 0.873. The highest BCUT2D eigenvalue weighted by atomic mass is 16.5. The van der Waals surface area contributed by atoms with Gasteiger partial charge in [-0.2, -0.15) is 0 Å². The molecule has 128 valence electrons. The lowest BCUT2D eigenvalue weighted by molar-refractivity contribution is -0.126. The van der Waals surface area contributed by atoms with E-state index in [2.05, 4.69) is 5.32 Å². The third kappa shape index (κ3) is 2.74. The molecule has 6 nitrogen and oxygen atoms in total. The second-order valence-electron chi connectivity index (χ2n) is 6.16. The van der Waals surface area contributed by atoms with Crippen molar-refractivity contribution >= 4 is 28.3 Å². The molecule has 6 heteroatoms. The van der Waals surface area contributed by atoms with Crippen LogP contribution in [0.4, 0.5) is 5.69 Å². The molecule has 4 rings (SSSR count). The van der Waals surface area contributed by atoms with Gasteiger partial charge in [-0.1, -0.05) is 19.1 Å². The first-order valence-electron chi connectivity index (χ1n) is 8.17. The Kier molecular flexibility index (Phi) is 3.89. The van der Waals surface area contributed by atoms with E-state index in [0.29, 0.717) is 23.3 Å². The third-order valence-corrected chi connectivity index (χ3v) is 4.44. The van der Waals surface area contributed by atoms with Crippen LogP contribution in [0, 0.1) is 5.92 Å². The molecule has 2 aromatic heterocycles. The monoisotopic (exact) mass is 339 g/mol. The topological polar surface area (TPSA) is 81.7 Å². The fraction of sp³-hybridized carbons (Fsp3) is 0.263. The van der Waals surface area contributed by atoms with Crippen LogP contribution in [0.5, 0.6) is 0 Å². The van der Waals surface area contributed by atoms with Crippen molar-refractivity contribution in [3.8, 4) is 0 Å². The van der Waals surface area contributed by atoms with Gasteiger partial charge in [0.15, 0.2) is 5.76 Å². The fourth-order valence-corrected chi connectivity index (χ4v) is 3.07.